The number of H-pyrrole nitrogens is 1. The van der Waals surface area contributed by atoms with Crippen molar-refractivity contribution in [1.82, 2.24) is 20.2 Å². The third-order valence-electron chi connectivity index (χ3n) is 4.76. The molecular formula is C16H23N7. The molecule has 7 heteroatoms. The lowest BCUT2D eigenvalue weighted by Crippen LogP contribution is -2.30. The lowest BCUT2D eigenvalue weighted by atomic mass is 10.0. The van der Waals surface area contributed by atoms with E-state index in [4.69, 9.17) is 5.73 Å². The Kier molecular flexibility index (Phi) is 3.65. The molecule has 23 heavy (non-hydrogen) atoms. The Morgan fingerprint density at radius 2 is 2.22 bits per heavy atom. The molecule has 4 N–H and O–H groups in total. The average Bonchev–Trinajstić information content (AvgIpc) is 3.09. The molecule has 0 bridgehead atoms. The summed E-state index contributed by atoms with van der Waals surface area (Å²) in [4.78, 5) is 11.2. The Morgan fingerprint density at radius 3 is 2.96 bits per heavy atom. The molecule has 7 nitrogen and oxygen atoms in total. The van der Waals surface area contributed by atoms with Gasteiger partial charge >= 0.3 is 0 Å². The zero-order valence-electron chi connectivity index (χ0n) is 13.4. The molecule has 2 unspecified atom stereocenters. The molecule has 122 valence electrons. The van der Waals surface area contributed by atoms with E-state index in [0.717, 1.165) is 37.1 Å². The first-order chi connectivity index (χ1) is 11.2. The van der Waals surface area contributed by atoms with E-state index in [0.29, 0.717) is 11.8 Å². The highest BCUT2D eigenvalue weighted by Crippen LogP contribution is 2.39. The summed E-state index contributed by atoms with van der Waals surface area (Å²) in [5.74, 6) is 3.53. The van der Waals surface area contributed by atoms with E-state index >= 15 is 0 Å². The normalized spacial score (nSPS) is 22.3. The number of nitrogens with zero attached hydrogens (tertiary/aromatic N) is 4. The Hall–Kier alpha value is -2.15. The molecule has 1 aliphatic carbocycles. The predicted molar refractivity (Wildman–Crippen MR) is 89.8 cm³/mol. The molecule has 3 heterocycles. The van der Waals surface area contributed by atoms with Crippen LogP contribution >= 0.6 is 0 Å². The third-order valence-corrected chi connectivity index (χ3v) is 4.76. The second kappa shape index (κ2) is 5.81. The summed E-state index contributed by atoms with van der Waals surface area (Å²) in [7, 11) is 0. The predicted octanol–water partition coefficient (Wildman–Crippen LogP) is 1.99. The van der Waals surface area contributed by atoms with Crippen molar-refractivity contribution in [3.63, 3.8) is 0 Å². The lowest BCUT2D eigenvalue weighted by Gasteiger charge is -2.18. The van der Waals surface area contributed by atoms with Gasteiger partial charge < -0.3 is 16.0 Å². The molecule has 1 saturated heterocycles. The first-order valence-electron chi connectivity index (χ1n) is 8.35. The van der Waals surface area contributed by atoms with E-state index in [1.54, 1.807) is 6.20 Å². The number of rotatable bonds is 5. The van der Waals surface area contributed by atoms with Gasteiger partial charge in [-0.15, -0.1) is 0 Å². The fourth-order valence-electron chi connectivity index (χ4n) is 3.10. The topological polar surface area (TPSA) is 95.8 Å². The van der Waals surface area contributed by atoms with Gasteiger partial charge in [0.15, 0.2) is 5.82 Å². The van der Waals surface area contributed by atoms with Gasteiger partial charge in [-0.3, -0.25) is 5.10 Å². The maximum Gasteiger partial charge on any atom is 0.227 e. The smallest absolute Gasteiger partial charge is 0.227 e. The van der Waals surface area contributed by atoms with Gasteiger partial charge in [-0.1, -0.05) is 0 Å². The Bertz CT molecular complexity index is 677. The summed E-state index contributed by atoms with van der Waals surface area (Å²) in [6, 6.07) is 4.15. The minimum Gasteiger partial charge on any atom is -0.340 e. The minimum atomic E-state index is 0.214. The van der Waals surface area contributed by atoms with Crippen LogP contribution in [0.25, 0.3) is 0 Å². The van der Waals surface area contributed by atoms with E-state index < -0.39 is 0 Å². The summed E-state index contributed by atoms with van der Waals surface area (Å²) in [6.45, 7) is 3.96. The molecule has 2 fully saturated rings. The number of nitrogens with one attached hydrogen (secondary N) is 2. The van der Waals surface area contributed by atoms with Crippen LogP contribution in [0.2, 0.25) is 0 Å². The standard InChI is InChI=1S/C16H23N7/c1-10(17)12-5-7-23(9-12)16-18-6-4-14(20-16)19-15-8-13(21-22-15)11-2-3-11/h4,6,8,10-12H,2-3,5,7,9,17H2,1H3,(H2,18,19,20,21,22). The molecule has 2 aromatic rings. The average molecular weight is 313 g/mol. The zero-order chi connectivity index (χ0) is 15.8. The first-order valence-corrected chi connectivity index (χ1v) is 8.35. The Balaban J connectivity index is 1.45. The second-order valence-corrected chi connectivity index (χ2v) is 6.70. The number of hydrogen-bond acceptors (Lipinski definition) is 6. The van der Waals surface area contributed by atoms with Crippen molar-refractivity contribution < 1.29 is 0 Å². The van der Waals surface area contributed by atoms with Gasteiger partial charge in [-0.25, -0.2) is 4.98 Å². The van der Waals surface area contributed by atoms with Gasteiger partial charge in [0.05, 0.1) is 0 Å². The summed E-state index contributed by atoms with van der Waals surface area (Å²) >= 11 is 0. The maximum atomic E-state index is 6.01. The Labute approximate surface area is 135 Å². The van der Waals surface area contributed by atoms with E-state index in [1.165, 1.54) is 18.5 Å². The fourth-order valence-corrected chi connectivity index (χ4v) is 3.10. The number of nitrogens with two attached hydrogens (primary N) is 1. The lowest BCUT2D eigenvalue weighted by molar-refractivity contribution is 0.487. The number of aromatic nitrogens is 4. The highest BCUT2D eigenvalue weighted by atomic mass is 15.3. The number of anilines is 3. The summed E-state index contributed by atoms with van der Waals surface area (Å²) in [5.41, 5.74) is 7.22. The molecule has 0 aromatic carbocycles. The van der Waals surface area contributed by atoms with Crippen LogP contribution in [-0.4, -0.2) is 39.3 Å². The molecule has 0 amide bonds. The van der Waals surface area contributed by atoms with E-state index in [2.05, 4.69) is 43.4 Å². The van der Waals surface area contributed by atoms with Gasteiger partial charge in [-0.2, -0.15) is 10.1 Å². The van der Waals surface area contributed by atoms with Gasteiger partial charge in [0, 0.05) is 43.0 Å². The van der Waals surface area contributed by atoms with Crippen molar-refractivity contribution in [3.8, 4) is 0 Å². The van der Waals surface area contributed by atoms with Crippen LogP contribution in [0, 0.1) is 5.92 Å². The van der Waals surface area contributed by atoms with Crippen LogP contribution in [0.3, 0.4) is 0 Å². The second-order valence-electron chi connectivity index (χ2n) is 6.70. The van der Waals surface area contributed by atoms with Gasteiger partial charge in [0.1, 0.15) is 5.82 Å². The van der Waals surface area contributed by atoms with Crippen molar-refractivity contribution >= 4 is 17.6 Å². The first kappa shape index (κ1) is 14.4. The van der Waals surface area contributed by atoms with Crippen LogP contribution in [0.5, 0.6) is 0 Å². The highest BCUT2D eigenvalue weighted by Gasteiger charge is 2.27. The summed E-state index contributed by atoms with van der Waals surface area (Å²) < 4.78 is 0. The van der Waals surface area contributed by atoms with Crippen LogP contribution in [0.4, 0.5) is 17.6 Å². The van der Waals surface area contributed by atoms with Crippen LogP contribution in [0.15, 0.2) is 18.3 Å². The van der Waals surface area contributed by atoms with Crippen molar-refractivity contribution in [3.05, 3.63) is 24.0 Å². The van der Waals surface area contributed by atoms with Crippen molar-refractivity contribution in [2.24, 2.45) is 11.7 Å². The maximum absolute atomic E-state index is 6.01. The molecule has 0 spiro atoms. The van der Waals surface area contributed by atoms with Gasteiger partial charge in [-0.05, 0) is 38.2 Å². The molecular weight excluding hydrogens is 290 g/mol. The minimum absolute atomic E-state index is 0.214. The number of aromatic amines is 1. The van der Waals surface area contributed by atoms with Crippen LogP contribution < -0.4 is 16.0 Å². The van der Waals surface area contributed by atoms with Crippen molar-refractivity contribution in [1.29, 1.82) is 0 Å². The highest BCUT2D eigenvalue weighted by molar-refractivity contribution is 5.53. The summed E-state index contributed by atoms with van der Waals surface area (Å²) in [5, 5.41) is 10.7. The summed E-state index contributed by atoms with van der Waals surface area (Å²) in [6.07, 6.45) is 5.41. The third kappa shape index (κ3) is 3.14. The molecule has 1 aliphatic heterocycles. The molecule has 4 rings (SSSR count). The molecule has 2 atom stereocenters. The number of hydrogen-bond donors (Lipinski definition) is 3. The fraction of sp³-hybridized carbons (Fsp3) is 0.562. The van der Waals surface area contributed by atoms with Gasteiger partial charge in [0.2, 0.25) is 5.95 Å². The van der Waals surface area contributed by atoms with E-state index in [9.17, 15) is 0 Å². The molecule has 2 aliphatic rings. The molecule has 1 saturated carbocycles. The van der Waals surface area contributed by atoms with Crippen molar-refractivity contribution in [2.75, 3.05) is 23.3 Å². The van der Waals surface area contributed by atoms with Crippen LogP contribution in [0.1, 0.15) is 37.8 Å². The van der Waals surface area contributed by atoms with Crippen molar-refractivity contribution in [2.45, 2.75) is 38.1 Å². The quantitative estimate of drug-likeness (QED) is 0.781. The SMILES string of the molecule is CC(N)C1CCN(c2nccc(Nc3cc(C4CC4)[nH]n3)n2)C1. The zero-order valence-corrected chi connectivity index (χ0v) is 13.4. The largest absolute Gasteiger partial charge is 0.340 e. The monoisotopic (exact) mass is 313 g/mol. The Morgan fingerprint density at radius 1 is 1.35 bits per heavy atom. The van der Waals surface area contributed by atoms with E-state index in [1.807, 2.05) is 6.07 Å². The molecule has 2 aromatic heterocycles. The van der Waals surface area contributed by atoms with Crippen LogP contribution in [-0.2, 0) is 0 Å². The van der Waals surface area contributed by atoms with E-state index in [-0.39, 0.29) is 6.04 Å². The van der Waals surface area contributed by atoms with Gasteiger partial charge in [0.25, 0.3) is 0 Å². The molecule has 0 radical (unpaired) electrons.